The van der Waals surface area contributed by atoms with Crippen LogP contribution in [0.15, 0.2) is 36.5 Å². The molecule has 0 bridgehead atoms. The molecule has 0 radical (unpaired) electrons. The summed E-state index contributed by atoms with van der Waals surface area (Å²) in [7, 11) is 0. The fourth-order valence-corrected chi connectivity index (χ4v) is 2.11. The molecule has 100 valence electrons. The Balaban J connectivity index is 1.95. The normalized spacial score (nSPS) is 10.7. The molecule has 1 amide bonds. The van der Waals surface area contributed by atoms with Crippen molar-refractivity contribution in [1.29, 1.82) is 0 Å². The van der Waals surface area contributed by atoms with Crippen molar-refractivity contribution in [2.75, 3.05) is 5.32 Å². The van der Waals surface area contributed by atoms with Gasteiger partial charge in [0.25, 0.3) is 5.91 Å². The number of aromatic amines is 1. The highest BCUT2D eigenvalue weighted by Crippen LogP contribution is 2.22. The van der Waals surface area contributed by atoms with E-state index in [0.29, 0.717) is 11.4 Å². The van der Waals surface area contributed by atoms with Gasteiger partial charge in [-0.2, -0.15) is 5.10 Å². The number of nitrogens with zero attached hydrogens (tertiary/aromatic N) is 2. The van der Waals surface area contributed by atoms with Gasteiger partial charge in [-0.05, 0) is 24.6 Å². The molecule has 0 atom stereocenters. The van der Waals surface area contributed by atoms with E-state index in [1.165, 1.54) is 0 Å². The quantitative estimate of drug-likeness (QED) is 0.711. The summed E-state index contributed by atoms with van der Waals surface area (Å²) in [5.41, 5.74) is 2.53. The number of anilines is 1. The second-order valence-corrected chi connectivity index (χ2v) is 4.78. The first-order valence-electron chi connectivity index (χ1n) is 6.02. The van der Waals surface area contributed by atoms with E-state index in [4.69, 9.17) is 11.6 Å². The average Bonchev–Trinajstić information content (AvgIpc) is 2.87. The van der Waals surface area contributed by atoms with Crippen molar-refractivity contribution in [3.8, 4) is 0 Å². The van der Waals surface area contributed by atoms with Gasteiger partial charge in [0.2, 0.25) is 0 Å². The minimum absolute atomic E-state index is 0.254. The molecule has 6 heteroatoms. The second kappa shape index (κ2) is 4.94. The summed E-state index contributed by atoms with van der Waals surface area (Å²) in [6, 6.07) is 9.20. The number of aryl methyl sites for hydroxylation is 1. The molecule has 1 aromatic carbocycles. The number of pyridine rings is 1. The summed E-state index contributed by atoms with van der Waals surface area (Å²) in [5, 5.41) is 10.6. The zero-order valence-corrected chi connectivity index (χ0v) is 11.4. The van der Waals surface area contributed by atoms with Crippen molar-refractivity contribution >= 4 is 34.1 Å². The van der Waals surface area contributed by atoms with Gasteiger partial charge in [0.1, 0.15) is 0 Å². The second-order valence-electron chi connectivity index (χ2n) is 4.42. The van der Waals surface area contributed by atoms with E-state index in [0.717, 1.165) is 16.5 Å². The number of amides is 1. The highest BCUT2D eigenvalue weighted by atomic mass is 35.5. The number of rotatable bonds is 2. The summed E-state index contributed by atoms with van der Waals surface area (Å²) < 4.78 is 0. The molecule has 0 aliphatic rings. The highest BCUT2D eigenvalue weighted by Gasteiger charge is 2.15. The zero-order chi connectivity index (χ0) is 14.1. The summed E-state index contributed by atoms with van der Waals surface area (Å²) in [6.45, 7) is 1.88. The van der Waals surface area contributed by atoms with E-state index in [1.54, 1.807) is 12.3 Å². The fraction of sp³-hybridized carbons (Fsp3) is 0.0714. The lowest BCUT2D eigenvalue weighted by Gasteiger charge is -2.06. The lowest BCUT2D eigenvalue weighted by atomic mass is 10.2. The third-order valence-corrected chi connectivity index (χ3v) is 3.21. The number of hydrogen-bond acceptors (Lipinski definition) is 3. The maximum atomic E-state index is 12.3. The van der Waals surface area contributed by atoms with Crippen molar-refractivity contribution in [2.45, 2.75) is 6.92 Å². The Morgan fingerprint density at radius 3 is 3.00 bits per heavy atom. The Morgan fingerprint density at radius 2 is 2.15 bits per heavy atom. The standard InChI is InChI=1S/C14H11ClN4O/c1-8-6-11(13(15)16-7-8)17-14(20)12-9-4-2-3-5-10(9)18-19-12/h2-7H,1H3,(H,17,20)(H,18,19). The van der Waals surface area contributed by atoms with Crippen LogP contribution < -0.4 is 5.32 Å². The lowest BCUT2D eigenvalue weighted by Crippen LogP contribution is -2.13. The Labute approximate surface area is 120 Å². The fourth-order valence-electron chi connectivity index (χ4n) is 1.96. The minimum atomic E-state index is -0.322. The number of aromatic nitrogens is 3. The lowest BCUT2D eigenvalue weighted by molar-refractivity contribution is 0.102. The Hall–Kier alpha value is -2.40. The predicted octanol–water partition coefficient (Wildman–Crippen LogP) is 3.17. The van der Waals surface area contributed by atoms with Gasteiger partial charge in [-0.25, -0.2) is 4.98 Å². The van der Waals surface area contributed by atoms with Gasteiger partial charge in [0, 0.05) is 11.6 Å². The molecule has 0 saturated carbocycles. The number of nitrogens with one attached hydrogen (secondary N) is 2. The number of hydrogen-bond donors (Lipinski definition) is 2. The monoisotopic (exact) mass is 286 g/mol. The minimum Gasteiger partial charge on any atom is -0.318 e. The molecule has 2 aromatic heterocycles. The maximum absolute atomic E-state index is 12.3. The molecular weight excluding hydrogens is 276 g/mol. The molecule has 0 spiro atoms. The van der Waals surface area contributed by atoms with Crippen molar-refractivity contribution in [3.05, 3.63) is 52.9 Å². The summed E-state index contributed by atoms with van der Waals surface area (Å²) >= 11 is 5.97. The van der Waals surface area contributed by atoms with Crippen molar-refractivity contribution < 1.29 is 4.79 Å². The van der Waals surface area contributed by atoms with Gasteiger partial charge in [0.15, 0.2) is 10.8 Å². The van der Waals surface area contributed by atoms with Crippen LogP contribution in [0.4, 0.5) is 5.69 Å². The van der Waals surface area contributed by atoms with Crippen LogP contribution in [-0.4, -0.2) is 21.1 Å². The largest absolute Gasteiger partial charge is 0.318 e. The van der Waals surface area contributed by atoms with Gasteiger partial charge in [-0.3, -0.25) is 9.89 Å². The van der Waals surface area contributed by atoms with Gasteiger partial charge >= 0.3 is 0 Å². The first-order valence-corrected chi connectivity index (χ1v) is 6.39. The number of carbonyl (C=O) groups excluding carboxylic acids is 1. The van der Waals surface area contributed by atoms with E-state index >= 15 is 0 Å². The zero-order valence-electron chi connectivity index (χ0n) is 10.6. The number of halogens is 1. The third kappa shape index (κ3) is 2.23. The molecule has 2 heterocycles. The van der Waals surface area contributed by atoms with Crippen LogP contribution in [0.5, 0.6) is 0 Å². The Kier molecular flexibility index (Phi) is 3.12. The smallest absolute Gasteiger partial charge is 0.276 e. The van der Waals surface area contributed by atoms with E-state index in [9.17, 15) is 4.79 Å². The van der Waals surface area contributed by atoms with Crippen LogP contribution in [-0.2, 0) is 0 Å². The van der Waals surface area contributed by atoms with Crippen LogP contribution in [0, 0.1) is 6.92 Å². The van der Waals surface area contributed by atoms with Crippen LogP contribution in [0.1, 0.15) is 16.1 Å². The van der Waals surface area contributed by atoms with Gasteiger partial charge in [-0.15, -0.1) is 0 Å². The first kappa shape index (κ1) is 12.6. The molecule has 0 aliphatic carbocycles. The van der Waals surface area contributed by atoms with E-state index in [-0.39, 0.29) is 11.1 Å². The molecule has 0 aliphatic heterocycles. The summed E-state index contributed by atoms with van der Waals surface area (Å²) in [6.07, 6.45) is 1.64. The van der Waals surface area contributed by atoms with Crippen molar-refractivity contribution in [2.24, 2.45) is 0 Å². The average molecular weight is 287 g/mol. The van der Waals surface area contributed by atoms with Crippen molar-refractivity contribution in [3.63, 3.8) is 0 Å². The van der Waals surface area contributed by atoms with Crippen LogP contribution in [0.3, 0.4) is 0 Å². The van der Waals surface area contributed by atoms with Gasteiger partial charge < -0.3 is 5.32 Å². The van der Waals surface area contributed by atoms with E-state index in [1.807, 2.05) is 31.2 Å². The SMILES string of the molecule is Cc1cnc(Cl)c(NC(=O)c2n[nH]c3ccccc23)c1. The molecule has 20 heavy (non-hydrogen) atoms. The molecule has 0 saturated heterocycles. The van der Waals surface area contributed by atoms with Gasteiger partial charge in [-0.1, -0.05) is 29.8 Å². The predicted molar refractivity (Wildman–Crippen MR) is 78.0 cm³/mol. The topological polar surface area (TPSA) is 70.7 Å². The number of carbonyl (C=O) groups is 1. The molecule has 0 unspecified atom stereocenters. The number of para-hydroxylation sites is 1. The van der Waals surface area contributed by atoms with Crippen LogP contribution >= 0.6 is 11.6 Å². The Bertz CT molecular complexity index is 797. The maximum Gasteiger partial charge on any atom is 0.276 e. The number of benzene rings is 1. The third-order valence-electron chi connectivity index (χ3n) is 2.91. The van der Waals surface area contributed by atoms with Crippen molar-refractivity contribution in [1.82, 2.24) is 15.2 Å². The van der Waals surface area contributed by atoms with Gasteiger partial charge in [0.05, 0.1) is 11.2 Å². The van der Waals surface area contributed by atoms with Crippen LogP contribution in [0.25, 0.3) is 10.9 Å². The van der Waals surface area contributed by atoms with Crippen LogP contribution in [0.2, 0.25) is 5.15 Å². The molecule has 3 aromatic rings. The number of H-pyrrole nitrogens is 1. The molecule has 2 N–H and O–H groups in total. The molecular formula is C14H11ClN4O. The Morgan fingerprint density at radius 1 is 1.35 bits per heavy atom. The molecule has 5 nitrogen and oxygen atoms in total. The van der Waals surface area contributed by atoms with E-state index < -0.39 is 0 Å². The summed E-state index contributed by atoms with van der Waals surface area (Å²) in [5.74, 6) is -0.322. The molecule has 3 rings (SSSR count). The van der Waals surface area contributed by atoms with E-state index in [2.05, 4.69) is 20.5 Å². The highest BCUT2D eigenvalue weighted by molar-refractivity contribution is 6.32. The molecule has 0 fully saturated rings. The first-order chi connectivity index (χ1) is 9.65. The number of fused-ring (bicyclic) bond motifs is 1. The summed E-state index contributed by atoms with van der Waals surface area (Å²) in [4.78, 5) is 16.3.